The van der Waals surface area contributed by atoms with Crippen LogP contribution in [0.25, 0.3) is 0 Å². The maximum absolute atomic E-state index is 4.19. The first kappa shape index (κ1) is 19.7. The topological polar surface area (TPSA) is 14.1 Å². The Balaban J connectivity index is 0.000000212. The van der Waals surface area contributed by atoms with Crippen molar-refractivity contribution in [1.82, 2.24) is 5.32 Å². The average molecular weight is 333 g/mol. The molecular formula is C20H23FeN+2. The van der Waals surface area contributed by atoms with Gasteiger partial charge in [-0.2, -0.15) is 0 Å². The predicted molar refractivity (Wildman–Crippen MR) is 88.4 cm³/mol. The van der Waals surface area contributed by atoms with E-state index >= 15 is 0 Å². The van der Waals surface area contributed by atoms with Gasteiger partial charge in [0.15, 0.2) is 0 Å². The van der Waals surface area contributed by atoms with Gasteiger partial charge in [-0.15, -0.1) is 0 Å². The molecular weight excluding hydrogens is 310 g/mol. The molecule has 1 aliphatic carbocycles. The second-order valence-corrected chi connectivity index (χ2v) is 5.51. The van der Waals surface area contributed by atoms with Crippen LogP contribution in [0.2, 0.25) is 0 Å². The van der Waals surface area contributed by atoms with E-state index in [1.807, 2.05) is 37.6 Å². The molecule has 0 aromatic heterocycles. The summed E-state index contributed by atoms with van der Waals surface area (Å²) in [6.45, 7) is 12.8. The summed E-state index contributed by atoms with van der Waals surface area (Å²) in [6, 6.07) is 11.2. The van der Waals surface area contributed by atoms with Crippen LogP contribution in [0.3, 0.4) is 0 Å². The van der Waals surface area contributed by atoms with Gasteiger partial charge in [0.25, 0.3) is 0 Å². The zero-order valence-corrected chi connectivity index (χ0v) is 15.0. The first-order valence-electron chi connectivity index (χ1n) is 7.35. The number of hydrogen-bond acceptors (Lipinski definition) is 0. The standard InChI is InChI=1S/C10H8N.C10H15.Fe/c1-2-5-9(6-3-1)10-7-4-8-11-10;1-6-7(2)9(4)10(5)8(6)3;/h1-8H;1-5H3;/q;;+2. The number of nitrogens with zero attached hydrogens (tertiary/aromatic N) is 1. The van der Waals surface area contributed by atoms with Crippen LogP contribution >= 0.6 is 0 Å². The Morgan fingerprint density at radius 1 is 0.682 bits per heavy atom. The Morgan fingerprint density at radius 3 is 1.50 bits per heavy atom. The molecule has 2 heteroatoms. The molecule has 0 unspecified atom stereocenters. The van der Waals surface area contributed by atoms with Gasteiger partial charge in [-0.05, 0) is 48.0 Å². The molecule has 10 radical (unpaired) electrons. The van der Waals surface area contributed by atoms with E-state index in [1.54, 1.807) is 0 Å². The Labute approximate surface area is 148 Å². The van der Waals surface area contributed by atoms with Crippen LogP contribution in [0.1, 0.15) is 40.2 Å². The Bertz CT molecular complexity index is 368. The quantitative estimate of drug-likeness (QED) is 0.660. The molecule has 1 heterocycles. The molecule has 3 rings (SSSR count). The summed E-state index contributed by atoms with van der Waals surface area (Å²) in [6.07, 6.45) is 3.96. The van der Waals surface area contributed by atoms with Gasteiger partial charge >= 0.3 is 17.1 Å². The minimum Gasteiger partial charge on any atom is -0.222 e. The molecule has 1 aliphatic heterocycles. The molecule has 1 saturated carbocycles. The normalized spacial score (nSPS) is 22.4. The van der Waals surface area contributed by atoms with E-state index in [2.05, 4.69) is 52.1 Å². The van der Waals surface area contributed by atoms with Gasteiger partial charge in [0, 0.05) is 6.54 Å². The van der Waals surface area contributed by atoms with E-state index in [0.717, 1.165) is 6.04 Å². The van der Waals surface area contributed by atoms with Crippen molar-refractivity contribution in [2.75, 3.05) is 0 Å². The first-order chi connectivity index (χ1) is 10.0. The third kappa shape index (κ3) is 4.60. The van der Waals surface area contributed by atoms with E-state index in [4.69, 9.17) is 0 Å². The zero-order chi connectivity index (χ0) is 15.4. The van der Waals surface area contributed by atoms with Gasteiger partial charge in [-0.1, -0.05) is 65.0 Å². The van der Waals surface area contributed by atoms with Crippen molar-refractivity contribution in [3.05, 3.63) is 90.9 Å². The minimum absolute atomic E-state index is 0. The number of hydrogen-bond donors (Lipinski definition) is 0. The molecule has 0 N–H and O–H groups in total. The molecule has 0 spiro atoms. The summed E-state index contributed by atoms with van der Waals surface area (Å²) in [5.41, 5.74) is 1.18. The molecule has 22 heavy (non-hydrogen) atoms. The molecule has 1 saturated heterocycles. The molecule has 0 amide bonds. The molecule has 0 atom stereocenters. The fourth-order valence-corrected chi connectivity index (χ4v) is 2.49. The maximum Gasteiger partial charge on any atom is 2.00 e. The number of rotatable bonds is 1. The number of benzene rings is 1. The van der Waals surface area contributed by atoms with Crippen LogP contribution < -0.4 is 5.32 Å². The van der Waals surface area contributed by atoms with Gasteiger partial charge < -0.3 is 0 Å². The molecule has 1 aromatic carbocycles. The molecule has 2 fully saturated rings. The van der Waals surface area contributed by atoms with Crippen LogP contribution in [-0.4, -0.2) is 0 Å². The van der Waals surface area contributed by atoms with Crippen LogP contribution in [0.5, 0.6) is 0 Å². The Kier molecular flexibility index (Phi) is 8.17. The molecule has 114 valence electrons. The van der Waals surface area contributed by atoms with Crippen molar-refractivity contribution in [2.45, 2.75) is 34.6 Å². The summed E-state index contributed by atoms with van der Waals surface area (Å²) in [5, 5.41) is 4.19. The van der Waals surface area contributed by atoms with Crippen LogP contribution in [0, 0.1) is 55.0 Å². The van der Waals surface area contributed by atoms with E-state index in [0.29, 0.717) is 0 Å². The fourth-order valence-electron chi connectivity index (χ4n) is 2.49. The van der Waals surface area contributed by atoms with Crippen molar-refractivity contribution in [1.29, 1.82) is 0 Å². The van der Waals surface area contributed by atoms with Gasteiger partial charge in [0.05, 0.1) is 6.04 Å². The summed E-state index contributed by atoms with van der Waals surface area (Å²) in [5.74, 6) is 7.34. The van der Waals surface area contributed by atoms with Gasteiger partial charge in [0.1, 0.15) is 0 Å². The monoisotopic (exact) mass is 333 g/mol. The zero-order valence-electron chi connectivity index (χ0n) is 13.9. The second kappa shape index (κ2) is 9.11. The second-order valence-electron chi connectivity index (χ2n) is 5.51. The minimum atomic E-state index is 0. The van der Waals surface area contributed by atoms with E-state index < -0.39 is 0 Å². The fraction of sp³-hybridized carbons (Fsp3) is 0.250. The van der Waals surface area contributed by atoms with Gasteiger partial charge in [-0.3, -0.25) is 0 Å². The summed E-state index contributed by atoms with van der Waals surface area (Å²) in [7, 11) is 0. The largest absolute Gasteiger partial charge is 2.00 e. The summed E-state index contributed by atoms with van der Waals surface area (Å²) < 4.78 is 0. The van der Waals surface area contributed by atoms with Crippen molar-refractivity contribution in [3.63, 3.8) is 0 Å². The molecule has 2 aliphatic rings. The summed E-state index contributed by atoms with van der Waals surface area (Å²) in [4.78, 5) is 0. The Morgan fingerprint density at radius 2 is 1.14 bits per heavy atom. The SMILES string of the molecule is C[C]1[C](C)[C](C)[C](C)[C]1C.[CH]1[CH][N][C](c2ccccc2)[CH]1.[Fe+2]. The smallest absolute Gasteiger partial charge is 0.222 e. The van der Waals surface area contributed by atoms with Crippen molar-refractivity contribution in [2.24, 2.45) is 0 Å². The van der Waals surface area contributed by atoms with Crippen LogP contribution in [0.4, 0.5) is 0 Å². The van der Waals surface area contributed by atoms with E-state index in [1.165, 1.54) is 35.2 Å². The van der Waals surface area contributed by atoms with Crippen LogP contribution in [-0.2, 0) is 17.1 Å². The molecule has 0 bridgehead atoms. The predicted octanol–water partition coefficient (Wildman–Crippen LogP) is 4.72. The first-order valence-corrected chi connectivity index (χ1v) is 7.35. The average Bonchev–Trinajstić information content (AvgIpc) is 3.11. The van der Waals surface area contributed by atoms with Gasteiger partial charge in [-0.25, -0.2) is 5.32 Å². The van der Waals surface area contributed by atoms with Crippen LogP contribution in [0.15, 0.2) is 30.3 Å². The van der Waals surface area contributed by atoms with Crippen molar-refractivity contribution >= 4 is 0 Å². The third-order valence-corrected chi connectivity index (χ3v) is 4.44. The maximum atomic E-state index is 4.19. The van der Waals surface area contributed by atoms with Crippen molar-refractivity contribution in [3.8, 4) is 0 Å². The molecule has 1 aromatic rings. The molecule has 1 nitrogen and oxygen atoms in total. The van der Waals surface area contributed by atoms with Gasteiger partial charge in [0.2, 0.25) is 0 Å². The van der Waals surface area contributed by atoms with Crippen molar-refractivity contribution < 1.29 is 17.1 Å². The van der Waals surface area contributed by atoms with E-state index in [-0.39, 0.29) is 17.1 Å². The van der Waals surface area contributed by atoms with E-state index in [9.17, 15) is 0 Å². The third-order valence-electron chi connectivity index (χ3n) is 4.44. The summed E-state index contributed by atoms with van der Waals surface area (Å²) >= 11 is 0. The Hall–Kier alpha value is -0.301.